The third-order valence-electron chi connectivity index (χ3n) is 6.47. The van der Waals surface area contributed by atoms with Crippen molar-refractivity contribution in [2.24, 2.45) is 4.99 Å². The minimum Gasteiger partial charge on any atom is -0.457 e. The molecule has 1 unspecified atom stereocenters. The van der Waals surface area contributed by atoms with Gasteiger partial charge in [-0.15, -0.1) is 0 Å². The van der Waals surface area contributed by atoms with Gasteiger partial charge in [0, 0.05) is 43.1 Å². The van der Waals surface area contributed by atoms with Crippen molar-refractivity contribution in [2.75, 3.05) is 17.7 Å². The van der Waals surface area contributed by atoms with Crippen molar-refractivity contribution >= 4 is 35.4 Å². The smallest absolute Gasteiger partial charge is 0.324 e. The van der Waals surface area contributed by atoms with Crippen molar-refractivity contribution in [1.82, 2.24) is 20.1 Å². The monoisotopic (exact) mass is 555 g/mol. The van der Waals surface area contributed by atoms with Gasteiger partial charge in [-0.1, -0.05) is 32.9 Å². The number of urea groups is 1. The van der Waals surface area contributed by atoms with E-state index in [0.29, 0.717) is 18.0 Å². The molecule has 1 atom stereocenters. The number of amides is 3. The number of fused-ring (bicyclic) bond motifs is 1. The largest absolute Gasteiger partial charge is 0.457 e. The maximum atomic E-state index is 15.0. The molecule has 3 heterocycles. The topological polar surface area (TPSA) is 123 Å². The van der Waals surface area contributed by atoms with Gasteiger partial charge in [0.25, 0.3) is 5.91 Å². The standard InChI is InChI=1S/C30H30FN7O3/c1-30(2,3)26-17-27(38(37-26)19-7-9-23-18(14-19)6-5-12-33-23)36-29(40)35-24-10-8-20(15-22(24)31)41-21-11-13-34-25(16-21)28(39)32-4/h5-8,10-17,23H,9H2,1-4H3,(H,32,39)(H2,35,36,40). The number of halogens is 1. The molecule has 41 heavy (non-hydrogen) atoms. The first-order chi connectivity index (χ1) is 19.6. The predicted molar refractivity (Wildman–Crippen MR) is 156 cm³/mol. The van der Waals surface area contributed by atoms with Crippen LogP contribution in [-0.2, 0) is 5.41 Å². The lowest BCUT2D eigenvalue weighted by molar-refractivity contribution is 0.0957. The highest BCUT2D eigenvalue weighted by atomic mass is 19.1. The molecule has 0 bridgehead atoms. The quantitative estimate of drug-likeness (QED) is 0.361. The Kier molecular flexibility index (Phi) is 7.52. The number of dihydropyridines is 1. The molecule has 10 nitrogen and oxygen atoms in total. The number of benzene rings is 1. The van der Waals surface area contributed by atoms with E-state index in [1.54, 1.807) is 17.0 Å². The molecule has 0 fully saturated rings. The second-order valence-electron chi connectivity index (χ2n) is 10.5. The summed E-state index contributed by atoms with van der Waals surface area (Å²) in [6, 6.07) is 8.31. The number of ether oxygens (including phenoxy) is 1. The van der Waals surface area contributed by atoms with Crippen LogP contribution in [0.25, 0.3) is 5.70 Å². The van der Waals surface area contributed by atoms with Crippen LogP contribution in [-0.4, -0.2) is 46.0 Å². The fourth-order valence-corrected chi connectivity index (χ4v) is 4.28. The van der Waals surface area contributed by atoms with E-state index in [0.717, 1.165) is 23.0 Å². The summed E-state index contributed by atoms with van der Waals surface area (Å²) in [4.78, 5) is 33.3. The van der Waals surface area contributed by atoms with Crippen LogP contribution in [0.15, 0.2) is 77.5 Å². The van der Waals surface area contributed by atoms with Crippen molar-refractivity contribution in [3.63, 3.8) is 0 Å². The van der Waals surface area contributed by atoms with Crippen LogP contribution in [0.4, 0.5) is 20.7 Å². The SMILES string of the molecule is CNC(=O)c1cc(Oc2ccc(NC(=O)Nc3cc(C(C)(C)C)nn3C3=CCC4N=CC=CC4=C3)c(F)c2)ccn1. The molecule has 0 saturated heterocycles. The second-order valence-corrected chi connectivity index (χ2v) is 10.5. The number of hydrogen-bond donors (Lipinski definition) is 3. The summed E-state index contributed by atoms with van der Waals surface area (Å²) in [6.45, 7) is 6.11. The van der Waals surface area contributed by atoms with E-state index in [1.807, 2.05) is 51.1 Å². The molecule has 1 aliphatic carbocycles. The molecular weight excluding hydrogens is 525 g/mol. The number of nitrogens with zero attached hydrogens (tertiary/aromatic N) is 4. The number of aromatic nitrogens is 3. The zero-order valence-corrected chi connectivity index (χ0v) is 23.1. The summed E-state index contributed by atoms with van der Waals surface area (Å²) in [5, 5.41) is 12.6. The Labute approximate surface area is 236 Å². The Balaban J connectivity index is 1.32. The average molecular weight is 556 g/mol. The number of rotatable bonds is 6. The van der Waals surface area contributed by atoms with Crippen molar-refractivity contribution < 1.29 is 18.7 Å². The molecule has 3 N–H and O–H groups in total. The van der Waals surface area contributed by atoms with Crippen LogP contribution in [0.5, 0.6) is 11.5 Å². The van der Waals surface area contributed by atoms with Crippen LogP contribution < -0.4 is 20.7 Å². The molecule has 1 aliphatic heterocycles. The number of nitrogens with one attached hydrogen (secondary N) is 3. The molecule has 3 aromatic rings. The third kappa shape index (κ3) is 6.24. The van der Waals surface area contributed by atoms with E-state index < -0.39 is 11.8 Å². The van der Waals surface area contributed by atoms with E-state index in [2.05, 4.69) is 25.9 Å². The molecule has 11 heteroatoms. The molecule has 5 rings (SSSR count). The molecule has 2 aromatic heterocycles. The van der Waals surface area contributed by atoms with Gasteiger partial charge in [0.1, 0.15) is 28.8 Å². The Hall–Kier alpha value is -5.06. The van der Waals surface area contributed by atoms with E-state index in [1.165, 1.54) is 31.4 Å². The van der Waals surface area contributed by atoms with Gasteiger partial charge in [0.05, 0.1) is 23.1 Å². The fraction of sp³-hybridized carbons (Fsp3) is 0.233. The molecule has 2 aliphatic rings. The summed E-state index contributed by atoms with van der Waals surface area (Å²) in [7, 11) is 1.50. The minimum atomic E-state index is -0.697. The summed E-state index contributed by atoms with van der Waals surface area (Å²) in [6.07, 6.45) is 11.9. The lowest BCUT2D eigenvalue weighted by Crippen LogP contribution is -2.22. The van der Waals surface area contributed by atoms with Crippen LogP contribution in [0.3, 0.4) is 0 Å². The first kappa shape index (κ1) is 27.5. The zero-order valence-electron chi connectivity index (χ0n) is 23.1. The third-order valence-corrected chi connectivity index (χ3v) is 6.47. The highest BCUT2D eigenvalue weighted by molar-refractivity contribution is 6.00. The van der Waals surface area contributed by atoms with Gasteiger partial charge >= 0.3 is 6.03 Å². The first-order valence-electron chi connectivity index (χ1n) is 13.1. The van der Waals surface area contributed by atoms with Crippen LogP contribution >= 0.6 is 0 Å². The van der Waals surface area contributed by atoms with Gasteiger partial charge in [-0.3, -0.25) is 20.1 Å². The summed E-state index contributed by atoms with van der Waals surface area (Å²) >= 11 is 0. The van der Waals surface area contributed by atoms with Crippen molar-refractivity contribution in [1.29, 1.82) is 0 Å². The maximum absolute atomic E-state index is 15.0. The van der Waals surface area contributed by atoms with Crippen molar-refractivity contribution in [3.05, 3.63) is 89.7 Å². The number of carbonyl (C=O) groups excluding carboxylic acids is 2. The predicted octanol–water partition coefficient (Wildman–Crippen LogP) is 5.69. The molecule has 0 spiro atoms. The molecule has 1 aromatic carbocycles. The van der Waals surface area contributed by atoms with Crippen LogP contribution in [0.2, 0.25) is 0 Å². The first-order valence-corrected chi connectivity index (χ1v) is 13.1. The van der Waals surface area contributed by atoms with E-state index >= 15 is 0 Å². The van der Waals surface area contributed by atoms with Crippen molar-refractivity contribution in [2.45, 2.75) is 38.6 Å². The summed E-state index contributed by atoms with van der Waals surface area (Å²) in [5.41, 5.74) is 2.52. The highest BCUT2D eigenvalue weighted by Crippen LogP contribution is 2.31. The van der Waals surface area contributed by atoms with E-state index in [-0.39, 0.29) is 34.5 Å². The minimum absolute atomic E-state index is 0.0372. The van der Waals surface area contributed by atoms with Gasteiger partial charge in [-0.05, 0) is 42.3 Å². The van der Waals surface area contributed by atoms with Gasteiger partial charge in [0.15, 0.2) is 0 Å². The Bertz CT molecular complexity index is 1630. The zero-order chi connectivity index (χ0) is 29.1. The van der Waals surface area contributed by atoms with Crippen LogP contribution in [0.1, 0.15) is 43.4 Å². The number of allylic oxidation sites excluding steroid dienone is 3. The number of anilines is 2. The van der Waals surface area contributed by atoms with Crippen LogP contribution in [0, 0.1) is 5.82 Å². The maximum Gasteiger partial charge on any atom is 0.324 e. The summed E-state index contributed by atoms with van der Waals surface area (Å²) < 4.78 is 22.3. The van der Waals surface area contributed by atoms with Crippen molar-refractivity contribution in [3.8, 4) is 11.5 Å². The number of pyridine rings is 1. The van der Waals surface area contributed by atoms with E-state index in [4.69, 9.17) is 9.84 Å². The molecule has 0 saturated carbocycles. The highest BCUT2D eigenvalue weighted by Gasteiger charge is 2.24. The van der Waals surface area contributed by atoms with Gasteiger partial charge in [0.2, 0.25) is 0 Å². The Morgan fingerprint density at radius 3 is 2.66 bits per heavy atom. The van der Waals surface area contributed by atoms with Gasteiger partial charge < -0.3 is 15.4 Å². The molecule has 0 radical (unpaired) electrons. The second kappa shape index (κ2) is 11.2. The Morgan fingerprint density at radius 2 is 1.90 bits per heavy atom. The lowest BCUT2D eigenvalue weighted by Gasteiger charge is -2.21. The fourth-order valence-electron chi connectivity index (χ4n) is 4.28. The Morgan fingerprint density at radius 1 is 1.10 bits per heavy atom. The lowest BCUT2D eigenvalue weighted by atomic mass is 9.92. The summed E-state index contributed by atoms with van der Waals surface area (Å²) in [5.74, 6) is -0.121. The van der Waals surface area contributed by atoms with Gasteiger partial charge in [-0.25, -0.2) is 13.9 Å². The number of hydrogen-bond acceptors (Lipinski definition) is 6. The molecule has 210 valence electrons. The van der Waals surface area contributed by atoms with Gasteiger partial charge in [-0.2, -0.15) is 5.10 Å². The number of carbonyl (C=O) groups is 2. The number of aliphatic imine (C=N–C) groups is 1. The van der Waals surface area contributed by atoms with E-state index in [9.17, 15) is 14.0 Å². The molecule has 3 amide bonds. The average Bonchev–Trinajstić information content (AvgIpc) is 3.38. The normalized spacial score (nSPS) is 15.9. The molecular formula is C30H30FN7O3.